The van der Waals surface area contributed by atoms with Gasteiger partial charge in [0.05, 0.1) is 5.69 Å². The number of carbonyl (C=O) groups is 1. The SMILES string of the molecule is CCc1cnc(C(=O)NC)nc1-c1ccccc1. The number of nitrogens with one attached hydrogen (secondary N) is 1. The highest BCUT2D eigenvalue weighted by molar-refractivity contribution is 5.90. The van der Waals surface area contributed by atoms with Crippen LogP contribution in [0.4, 0.5) is 0 Å². The third-order valence-electron chi connectivity index (χ3n) is 2.72. The zero-order valence-corrected chi connectivity index (χ0v) is 10.5. The normalized spacial score (nSPS) is 10.1. The Balaban J connectivity index is 2.53. The van der Waals surface area contributed by atoms with Crippen molar-refractivity contribution in [2.24, 2.45) is 0 Å². The van der Waals surface area contributed by atoms with Gasteiger partial charge in [0.25, 0.3) is 5.91 Å². The second kappa shape index (κ2) is 5.40. The molecule has 0 bridgehead atoms. The van der Waals surface area contributed by atoms with Crippen LogP contribution in [0.2, 0.25) is 0 Å². The van der Waals surface area contributed by atoms with Crippen molar-refractivity contribution in [1.29, 1.82) is 0 Å². The average molecular weight is 241 g/mol. The van der Waals surface area contributed by atoms with Gasteiger partial charge in [0.15, 0.2) is 0 Å². The van der Waals surface area contributed by atoms with Gasteiger partial charge in [-0.15, -0.1) is 0 Å². The fourth-order valence-corrected chi connectivity index (χ4v) is 1.73. The minimum Gasteiger partial charge on any atom is -0.352 e. The molecule has 4 nitrogen and oxygen atoms in total. The number of carbonyl (C=O) groups excluding carboxylic acids is 1. The molecule has 0 spiro atoms. The molecule has 2 rings (SSSR count). The van der Waals surface area contributed by atoms with Crippen LogP contribution in [0.1, 0.15) is 23.1 Å². The van der Waals surface area contributed by atoms with Crippen LogP contribution in [0.25, 0.3) is 11.3 Å². The number of aryl methyl sites for hydroxylation is 1. The molecule has 0 atom stereocenters. The summed E-state index contributed by atoms with van der Waals surface area (Å²) in [5.74, 6) is -0.0663. The molecule has 1 aromatic carbocycles. The molecular formula is C14H15N3O. The fourth-order valence-electron chi connectivity index (χ4n) is 1.73. The molecule has 2 aromatic rings. The highest BCUT2D eigenvalue weighted by Gasteiger charge is 2.12. The predicted molar refractivity (Wildman–Crippen MR) is 70.2 cm³/mol. The summed E-state index contributed by atoms with van der Waals surface area (Å²) in [7, 11) is 1.57. The summed E-state index contributed by atoms with van der Waals surface area (Å²) in [4.78, 5) is 20.0. The van der Waals surface area contributed by atoms with Gasteiger partial charge in [0.1, 0.15) is 0 Å². The van der Waals surface area contributed by atoms with Gasteiger partial charge in [0.2, 0.25) is 5.82 Å². The van der Waals surface area contributed by atoms with Crippen LogP contribution < -0.4 is 5.32 Å². The van der Waals surface area contributed by atoms with Gasteiger partial charge in [-0.3, -0.25) is 4.79 Å². The molecule has 18 heavy (non-hydrogen) atoms. The van der Waals surface area contributed by atoms with Crippen molar-refractivity contribution in [2.45, 2.75) is 13.3 Å². The second-order valence-electron chi connectivity index (χ2n) is 3.87. The van der Waals surface area contributed by atoms with E-state index in [0.29, 0.717) is 0 Å². The molecule has 1 heterocycles. The average Bonchev–Trinajstić information content (AvgIpc) is 2.46. The number of aromatic nitrogens is 2. The topological polar surface area (TPSA) is 54.9 Å². The first-order valence-electron chi connectivity index (χ1n) is 5.89. The zero-order valence-electron chi connectivity index (χ0n) is 10.5. The zero-order chi connectivity index (χ0) is 13.0. The molecule has 0 saturated heterocycles. The minimum atomic E-state index is -0.269. The van der Waals surface area contributed by atoms with Gasteiger partial charge in [-0.25, -0.2) is 9.97 Å². The standard InChI is InChI=1S/C14H15N3O/c1-3-10-9-16-13(14(18)15-2)17-12(10)11-7-5-4-6-8-11/h4-9H,3H2,1-2H3,(H,15,18). The monoisotopic (exact) mass is 241 g/mol. The molecular weight excluding hydrogens is 226 g/mol. The Morgan fingerprint density at radius 1 is 1.28 bits per heavy atom. The van der Waals surface area contributed by atoms with E-state index in [0.717, 1.165) is 23.2 Å². The lowest BCUT2D eigenvalue weighted by Crippen LogP contribution is -2.21. The Morgan fingerprint density at radius 3 is 2.61 bits per heavy atom. The van der Waals surface area contributed by atoms with Crippen LogP contribution in [0.5, 0.6) is 0 Å². The largest absolute Gasteiger partial charge is 0.352 e. The molecule has 0 saturated carbocycles. The molecule has 92 valence electrons. The first-order valence-corrected chi connectivity index (χ1v) is 5.89. The van der Waals surface area contributed by atoms with E-state index >= 15 is 0 Å². The van der Waals surface area contributed by atoms with Crippen molar-refractivity contribution >= 4 is 5.91 Å². The summed E-state index contributed by atoms with van der Waals surface area (Å²) in [5, 5.41) is 2.53. The molecule has 1 N–H and O–H groups in total. The van der Waals surface area contributed by atoms with Gasteiger partial charge < -0.3 is 5.32 Å². The highest BCUT2D eigenvalue weighted by Crippen LogP contribution is 2.21. The van der Waals surface area contributed by atoms with Gasteiger partial charge in [0, 0.05) is 18.8 Å². The Morgan fingerprint density at radius 2 is 2.00 bits per heavy atom. The van der Waals surface area contributed by atoms with Crippen LogP contribution in [0.15, 0.2) is 36.5 Å². The maximum atomic E-state index is 11.6. The maximum absolute atomic E-state index is 11.6. The van der Waals surface area contributed by atoms with Gasteiger partial charge in [-0.1, -0.05) is 37.3 Å². The van der Waals surface area contributed by atoms with E-state index in [4.69, 9.17) is 0 Å². The van der Waals surface area contributed by atoms with Gasteiger partial charge in [-0.2, -0.15) is 0 Å². The van der Waals surface area contributed by atoms with E-state index in [1.54, 1.807) is 13.2 Å². The van der Waals surface area contributed by atoms with Crippen molar-refractivity contribution in [3.8, 4) is 11.3 Å². The van der Waals surface area contributed by atoms with Crippen molar-refractivity contribution < 1.29 is 4.79 Å². The molecule has 4 heteroatoms. The summed E-state index contributed by atoms with van der Waals surface area (Å²) in [6.45, 7) is 2.05. The van der Waals surface area contributed by atoms with Crippen LogP contribution in [0, 0.1) is 0 Å². The third kappa shape index (κ3) is 2.37. The predicted octanol–water partition coefficient (Wildman–Crippen LogP) is 2.07. The van der Waals surface area contributed by atoms with E-state index in [-0.39, 0.29) is 11.7 Å². The summed E-state index contributed by atoms with van der Waals surface area (Å²) >= 11 is 0. The Labute approximate surface area is 106 Å². The number of amides is 1. The number of rotatable bonds is 3. The summed E-state index contributed by atoms with van der Waals surface area (Å²) < 4.78 is 0. The first-order chi connectivity index (χ1) is 8.76. The number of benzene rings is 1. The molecule has 1 amide bonds. The molecule has 0 unspecified atom stereocenters. The first kappa shape index (κ1) is 12.2. The summed E-state index contributed by atoms with van der Waals surface area (Å²) in [6.07, 6.45) is 2.55. The molecule has 1 aromatic heterocycles. The fraction of sp³-hybridized carbons (Fsp3) is 0.214. The van der Waals surface area contributed by atoms with Crippen molar-refractivity contribution in [1.82, 2.24) is 15.3 Å². The lowest BCUT2D eigenvalue weighted by atomic mass is 10.1. The Bertz CT molecular complexity index is 552. The van der Waals surface area contributed by atoms with E-state index in [2.05, 4.69) is 15.3 Å². The third-order valence-corrected chi connectivity index (χ3v) is 2.72. The molecule has 0 radical (unpaired) electrons. The lowest BCUT2D eigenvalue weighted by molar-refractivity contribution is 0.0953. The van der Waals surface area contributed by atoms with Gasteiger partial charge >= 0.3 is 0 Å². The van der Waals surface area contributed by atoms with Crippen molar-refractivity contribution in [2.75, 3.05) is 7.05 Å². The number of hydrogen-bond acceptors (Lipinski definition) is 3. The number of nitrogens with zero attached hydrogens (tertiary/aromatic N) is 2. The summed E-state index contributed by atoms with van der Waals surface area (Å²) in [6, 6.07) is 9.83. The van der Waals surface area contributed by atoms with E-state index in [1.807, 2.05) is 37.3 Å². The van der Waals surface area contributed by atoms with Crippen molar-refractivity contribution in [3.63, 3.8) is 0 Å². The molecule has 0 aliphatic heterocycles. The smallest absolute Gasteiger partial charge is 0.288 e. The second-order valence-corrected chi connectivity index (χ2v) is 3.87. The highest BCUT2D eigenvalue weighted by atomic mass is 16.2. The molecule has 0 fully saturated rings. The Hall–Kier alpha value is -2.23. The number of hydrogen-bond donors (Lipinski definition) is 1. The van der Waals surface area contributed by atoms with Crippen LogP contribution >= 0.6 is 0 Å². The summed E-state index contributed by atoms with van der Waals surface area (Å²) in [5.41, 5.74) is 2.86. The van der Waals surface area contributed by atoms with Gasteiger partial charge in [-0.05, 0) is 12.0 Å². The maximum Gasteiger partial charge on any atom is 0.288 e. The van der Waals surface area contributed by atoms with Crippen LogP contribution in [0.3, 0.4) is 0 Å². The van der Waals surface area contributed by atoms with E-state index in [9.17, 15) is 4.79 Å². The molecule has 0 aliphatic carbocycles. The molecule has 0 aliphatic rings. The minimum absolute atomic E-state index is 0.202. The van der Waals surface area contributed by atoms with Crippen LogP contribution in [-0.4, -0.2) is 22.9 Å². The van der Waals surface area contributed by atoms with E-state index < -0.39 is 0 Å². The van der Waals surface area contributed by atoms with E-state index in [1.165, 1.54) is 0 Å². The van der Waals surface area contributed by atoms with Crippen molar-refractivity contribution in [3.05, 3.63) is 47.9 Å². The Kier molecular flexibility index (Phi) is 3.67. The lowest BCUT2D eigenvalue weighted by Gasteiger charge is -2.08. The van der Waals surface area contributed by atoms with Crippen LogP contribution in [-0.2, 0) is 6.42 Å². The quantitative estimate of drug-likeness (QED) is 0.895.